The first kappa shape index (κ1) is 27.8. The fraction of sp³-hybridized carbons (Fsp3) is 0.333. The molecule has 38 heavy (non-hydrogen) atoms. The second-order valence-corrected chi connectivity index (χ2v) is 10.6. The number of benzene rings is 3. The number of aliphatic hydroxyl groups is 1. The monoisotopic (exact) mass is 537 g/mol. The average molecular weight is 538 g/mol. The van der Waals surface area contributed by atoms with Crippen molar-refractivity contribution in [3.05, 3.63) is 100 Å². The third-order valence-corrected chi connectivity index (χ3v) is 7.50. The van der Waals surface area contributed by atoms with Gasteiger partial charge in [-0.05, 0) is 66.6 Å². The molecule has 1 heterocycles. The zero-order chi connectivity index (χ0) is 26.9. The van der Waals surface area contributed by atoms with Gasteiger partial charge in [0.25, 0.3) is 0 Å². The van der Waals surface area contributed by atoms with Gasteiger partial charge in [-0.1, -0.05) is 43.3 Å². The molecule has 0 fully saturated rings. The molecule has 5 nitrogen and oxygen atoms in total. The Kier molecular flexibility index (Phi) is 9.92. The standard InChI is InChI=1S/C30H33F2N3O2S/c1-2-20-7-5-8-21(13-20)18-33-19-27(36)26(16-22-14-23(31)17-24(32)15-22)34-29(37)11-6-12-30-35-25-9-3-4-10-28(25)38-30/h3-5,7-10,13-15,17,26-27,33,36H,2,6,11-12,16,18-19H2,1H3,(H,34,37)/t26-,27+/m0/s1. The molecule has 1 aromatic heterocycles. The van der Waals surface area contributed by atoms with Crippen molar-refractivity contribution in [2.24, 2.45) is 0 Å². The van der Waals surface area contributed by atoms with Crippen LogP contribution in [0.4, 0.5) is 8.78 Å². The van der Waals surface area contributed by atoms with Crippen LogP contribution in [0.25, 0.3) is 10.2 Å². The number of carbonyl (C=O) groups is 1. The number of hydrogen-bond acceptors (Lipinski definition) is 5. The van der Waals surface area contributed by atoms with Gasteiger partial charge in [-0.25, -0.2) is 13.8 Å². The number of halogens is 2. The van der Waals surface area contributed by atoms with E-state index in [4.69, 9.17) is 0 Å². The Balaban J connectivity index is 1.34. The number of carbonyl (C=O) groups excluding carboxylic acids is 1. The SMILES string of the molecule is CCc1cccc(CNC[C@@H](O)[C@H](Cc2cc(F)cc(F)c2)NC(=O)CCCc2nc3ccccc3s2)c1. The van der Waals surface area contributed by atoms with E-state index in [1.807, 2.05) is 36.4 Å². The van der Waals surface area contributed by atoms with Gasteiger partial charge >= 0.3 is 0 Å². The molecule has 4 rings (SSSR count). The quantitative estimate of drug-likeness (QED) is 0.215. The molecule has 0 saturated carbocycles. The predicted molar refractivity (Wildman–Crippen MR) is 148 cm³/mol. The van der Waals surface area contributed by atoms with E-state index in [0.717, 1.165) is 33.3 Å². The van der Waals surface area contributed by atoms with E-state index in [2.05, 4.69) is 34.7 Å². The minimum atomic E-state index is -0.955. The largest absolute Gasteiger partial charge is 0.390 e. The number of para-hydroxylation sites is 1. The van der Waals surface area contributed by atoms with E-state index in [1.165, 1.54) is 17.7 Å². The highest BCUT2D eigenvalue weighted by molar-refractivity contribution is 7.18. The van der Waals surface area contributed by atoms with Gasteiger partial charge in [0, 0.05) is 25.6 Å². The lowest BCUT2D eigenvalue weighted by atomic mass is 10.00. The smallest absolute Gasteiger partial charge is 0.220 e. The molecule has 0 bridgehead atoms. The van der Waals surface area contributed by atoms with E-state index < -0.39 is 23.8 Å². The summed E-state index contributed by atoms with van der Waals surface area (Å²) in [6.45, 7) is 2.87. The normalized spacial score (nSPS) is 12.9. The summed E-state index contributed by atoms with van der Waals surface area (Å²) >= 11 is 1.62. The molecule has 4 aromatic rings. The van der Waals surface area contributed by atoms with Gasteiger partial charge in [-0.2, -0.15) is 0 Å². The van der Waals surface area contributed by atoms with Crippen LogP contribution in [0.5, 0.6) is 0 Å². The maximum absolute atomic E-state index is 13.8. The third-order valence-electron chi connectivity index (χ3n) is 6.40. The van der Waals surface area contributed by atoms with Gasteiger partial charge in [0.05, 0.1) is 27.4 Å². The van der Waals surface area contributed by atoms with Crippen molar-refractivity contribution < 1.29 is 18.7 Å². The van der Waals surface area contributed by atoms with Gasteiger partial charge in [-0.3, -0.25) is 4.79 Å². The van der Waals surface area contributed by atoms with Crippen molar-refractivity contribution in [1.82, 2.24) is 15.6 Å². The zero-order valence-electron chi connectivity index (χ0n) is 21.4. The lowest BCUT2D eigenvalue weighted by Gasteiger charge is -2.25. The molecule has 0 saturated heterocycles. The maximum atomic E-state index is 13.8. The summed E-state index contributed by atoms with van der Waals surface area (Å²) in [5, 5.41) is 18.1. The van der Waals surface area contributed by atoms with E-state index in [-0.39, 0.29) is 25.3 Å². The molecular formula is C30H33F2N3O2S. The van der Waals surface area contributed by atoms with Crippen LogP contribution in [0.15, 0.2) is 66.7 Å². The van der Waals surface area contributed by atoms with Crippen LogP contribution in [0.3, 0.4) is 0 Å². The molecule has 2 atom stereocenters. The highest BCUT2D eigenvalue weighted by atomic mass is 32.1. The number of amides is 1. The lowest BCUT2D eigenvalue weighted by Crippen LogP contribution is -2.48. The molecule has 3 aromatic carbocycles. The molecular weight excluding hydrogens is 504 g/mol. The molecule has 0 spiro atoms. The second-order valence-electron chi connectivity index (χ2n) is 9.46. The Hall–Kier alpha value is -3.20. The summed E-state index contributed by atoms with van der Waals surface area (Å²) in [6, 6.07) is 18.7. The highest BCUT2D eigenvalue weighted by Crippen LogP contribution is 2.22. The van der Waals surface area contributed by atoms with E-state index in [0.29, 0.717) is 24.9 Å². The fourth-order valence-electron chi connectivity index (χ4n) is 4.44. The molecule has 0 unspecified atom stereocenters. The Labute approximate surface area is 225 Å². The summed E-state index contributed by atoms with van der Waals surface area (Å²) in [5.41, 5.74) is 3.65. The number of nitrogens with one attached hydrogen (secondary N) is 2. The highest BCUT2D eigenvalue weighted by Gasteiger charge is 2.22. The van der Waals surface area contributed by atoms with Crippen LogP contribution in [0.1, 0.15) is 41.5 Å². The van der Waals surface area contributed by atoms with Crippen LogP contribution in [-0.4, -0.2) is 34.7 Å². The number of fused-ring (bicyclic) bond motifs is 1. The van der Waals surface area contributed by atoms with Gasteiger partial charge in [0.2, 0.25) is 5.91 Å². The molecule has 1 amide bonds. The molecule has 200 valence electrons. The van der Waals surface area contributed by atoms with E-state index in [1.54, 1.807) is 11.3 Å². The number of aromatic nitrogens is 1. The average Bonchev–Trinajstić information content (AvgIpc) is 3.30. The Morgan fingerprint density at radius 1 is 1.00 bits per heavy atom. The Bertz CT molecular complexity index is 1310. The number of thiazole rings is 1. The summed E-state index contributed by atoms with van der Waals surface area (Å²) in [4.78, 5) is 17.4. The van der Waals surface area contributed by atoms with Gasteiger partial charge < -0.3 is 15.7 Å². The summed E-state index contributed by atoms with van der Waals surface area (Å²) < 4.78 is 28.7. The van der Waals surface area contributed by atoms with Crippen molar-refractivity contribution in [2.45, 2.75) is 57.7 Å². The van der Waals surface area contributed by atoms with Crippen LogP contribution in [0, 0.1) is 11.6 Å². The number of hydrogen-bond donors (Lipinski definition) is 3. The van der Waals surface area contributed by atoms with Crippen molar-refractivity contribution in [3.8, 4) is 0 Å². The van der Waals surface area contributed by atoms with Gasteiger partial charge in [-0.15, -0.1) is 11.3 Å². The van der Waals surface area contributed by atoms with E-state index in [9.17, 15) is 18.7 Å². The van der Waals surface area contributed by atoms with Crippen molar-refractivity contribution in [1.29, 1.82) is 0 Å². The number of aryl methyl sites for hydroxylation is 2. The summed E-state index contributed by atoms with van der Waals surface area (Å²) in [6.07, 6.45) is 1.63. The summed E-state index contributed by atoms with van der Waals surface area (Å²) in [7, 11) is 0. The van der Waals surface area contributed by atoms with Crippen LogP contribution < -0.4 is 10.6 Å². The van der Waals surface area contributed by atoms with E-state index >= 15 is 0 Å². The third kappa shape index (κ3) is 8.15. The minimum Gasteiger partial charge on any atom is -0.390 e. The van der Waals surface area contributed by atoms with Crippen molar-refractivity contribution in [3.63, 3.8) is 0 Å². The Morgan fingerprint density at radius 2 is 1.76 bits per heavy atom. The first-order valence-electron chi connectivity index (χ1n) is 12.9. The topological polar surface area (TPSA) is 74.2 Å². The molecule has 0 aliphatic rings. The van der Waals surface area contributed by atoms with Crippen LogP contribution >= 0.6 is 11.3 Å². The molecule has 0 aliphatic heterocycles. The van der Waals surface area contributed by atoms with Crippen molar-refractivity contribution in [2.75, 3.05) is 6.54 Å². The second kappa shape index (κ2) is 13.6. The van der Waals surface area contributed by atoms with Gasteiger partial charge in [0.15, 0.2) is 0 Å². The minimum absolute atomic E-state index is 0.104. The van der Waals surface area contributed by atoms with Crippen molar-refractivity contribution >= 4 is 27.5 Å². The first-order valence-corrected chi connectivity index (χ1v) is 13.8. The number of aliphatic hydroxyl groups excluding tert-OH is 1. The predicted octanol–water partition coefficient (Wildman–Crippen LogP) is 5.34. The molecule has 0 aliphatic carbocycles. The molecule has 8 heteroatoms. The number of rotatable bonds is 13. The summed E-state index contributed by atoms with van der Waals surface area (Å²) in [5.74, 6) is -1.60. The maximum Gasteiger partial charge on any atom is 0.220 e. The Morgan fingerprint density at radius 3 is 2.53 bits per heavy atom. The fourth-order valence-corrected chi connectivity index (χ4v) is 5.45. The first-order chi connectivity index (χ1) is 18.4. The lowest BCUT2D eigenvalue weighted by molar-refractivity contribution is -0.122. The van der Waals surface area contributed by atoms with Crippen LogP contribution in [0.2, 0.25) is 0 Å². The van der Waals surface area contributed by atoms with Crippen LogP contribution in [-0.2, 0) is 30.6 Å². The zero-order valence-corrected chi connectivity index (χ0v) is 22.2. The number of nitrogens with zero attached hydrogens (tertiary/aromatic N) is 1. The van der Waals surface area contributed by atoms with Gasteiger partial charge in [0.1, 0.15) is 11.6 Å². The molecule has 0 radical (unpaired) electrons. The molecule has 3 N–H and O–H groups in total.